The van der Waals surface area contributed by atoms with Crippen LogP contribution < -0.4 is 10.3 Å². The summed E-state index contributed by atoms with van der Waals surface area (Å²) in [7, 11) is 2.09. The fraction of sp³-hybridized carbons (Fsp3) is 0.464. The lowest BCUT2D eigenvalue weighted by atomic mass is 9.90. The van der Waals surface area contributed by atoms with Crippen molar-refractivity contribution in [2.24, 2.45) is 0 Å². The van der Waals surface area contributed by atoms with E-state index < -0.39 is 0 Å². The smallest absolute Gasteiger partial charge is 0.256 e. The van der Waals surface area contributed by atoms with E-state index >= 15 is 0 Å². The van der Waals surface area contributed by atoms with Crippen LogP contribution >= 0.6 is 11.6 Å². The van der Waals surface area contributed by atoms with Crippen molar-refractivity contribution in [1.82, 2.24) is 24.6 Å². The van der Waals surface area contributed by atoms with Crippen LogP contribution in [0.5, 0.6) is 5.75 Å². The van der Waals surface area contributed by atoms with Crippen molar-refractivity contribution in [3.8, 4) is 16.9 Å². The fourth-order valence-corrected chi connectivity index (χ4v) is 6.01. The van der Waals surface area contributed by atoms with E-state index in [0.717, 1.165) is 47.5 Å². The van der Waals surface area contributed by atoms with Crippen LogP contribution in [0.2, 0.25) is 5.02 Å². The van der Waals surface area contributed by atoms with Crippen LogP contribution in [0.15, 0.2) is 29.3 Å². The maximum atomic E-state index is 13.9. The first-order chi connectivity index (χ1) is 18.3. The van der Waals surface area contributed by atoms with Crippen molar-refractivity contribution in [1.29, 1.82) is 0 Å². The first kappa shape index (κ1) is 25.2. The number of fused-ring (bicyclic) bond motifs is 1. The first-order valence-corrected chi connectivity index (χ1v) is 13.5. The molecule has 2 fully saturated rings. The Morgan fingerprint density at radius 1 is 1.24 bits per heavy atom. The molecule has 1 N–H and O–H groups in total. The number of benzene rings is 1. The summed E-state index contributed by atoms with van der Waals surface area (Å²) in [4.78, 5) is 33.4. The fourth-order valence-electron chi connectivity index (χ4n) is 5.72. The Morgan fingerprint density at radius 2 is 2.05 bits per heavy atom. The van der Waals surface area contributed by atoms with Gasteiger partial charge in [0.15, 0.2) is 0 Å². The summed E-state index contributed by atoms with van der Waals surface area (Å²) in [6.45, 7) is 7.51. The molecule has 6 rings (SSSR count). The molecule has 5 heterocycles. The van der Waals surface area contributed by atoms with E-state index in [-0.39, 0.29) is 24.1 Å². The van der Waals surface area contributed by atoms with Gasteiger partial charge in [0, 0.05) is 49.1 Å². The van der Waals surface area contributed by atoms with Crippen LogP contribution in [-0.4, -0.2) is 76.5 Å². The number of nitrogens with zero attached hydrogens (tertiary/aromatic N) is 4. The number of amides is 1. The molecule has 0 bridgehead atoms. The second kappa shape index (κ2) is 9.87. The molecule has 10 heteroatoms. The molecule has 9 nitrogen and oxygen atoms in total. The van der Waals surface area contributed by atoms with E-state index in [4.69, 9.17) is 21.1 Å². The second-order valence-electron chi connectivity index (χ2n) is 10.7. The van der Waals surface area contributed by atoms with Gasteiger partial charge in [-0.2, -0.15) is 5.10 Å². The van der Waals surface area contributed by atoms with Gasteiger partial charge in [-0.1, -0.05) is 11.6 Å². The summed E-state index contributed by atoms with van der Waals surface area (Å²) in [5, 5.41) is 4.95. The number of pyridine rings is 1. The molecule has 200 valence electrons. The van der Waals surface area contributed by atoms with Crippen LogP contribution in [-0.2, 0) is 17.7 Å². The summed E-state index contributed by atoms with van der Waals surface area (Å²) >= 11 is 6.91. The van der Waals surface area contributed by atoms with Gasteiger partial charge in [0.05, 0.1) is 42.6 Å². The SMILES string of the molecule is Cc1cc(C)c(CN2CCc3c(-c4cnn(C5CN(C)C5)c4)cc(O[C@@H]4CCOC4)c(Cl)c3C2=O)c(=O)[nH]1. The minimum Gasteiger partial charge on any atom is -0.486 e. The number of carbonyl (C=O) groups excluding carboxylic acids is 1. The molecule has 0 radical (unpaired) electrons. The van der Waals surface area contributed by atoms with Crippen LogP contribution in [0.1, 0.15) is 45.2 Å². The third kappa shape index (κ3) is 4.52. The van der Waals surface area contributed by atoms with E-state index in [1.807, 2.05) is 36.9 Å². The van der Waals surface area contributed by atoms with Gasteiger partial charge in [-0.15, -0.1) is 0 Å². The van der Waals surface area contributed by atoms with E-state index in [2.05, 4.69) is 28.2 Å². The number of carbonyl (C=O) groups is 1. The highest BCUT2D eigenvalue weighted by Crippen LogP contribution is 2.42. The molecule has 1 aromatic carbocycles. The van der Waals surface area contributed by atoms with Gasteiger partial charge >= 0.3 is 0 Å². The van der Waals surface area contributed by atoms with Crippen LogP contribution in [0.3, 0.4) is 0 Å². The van der Waals surface area contributed by atoms with Gasteiger partial charge in [-0.05, 0) is 56.1 Å². The monoisotopic (exact) mass is 537 g/mol. The Hall–Kier alpha value is -3.14. The molecular formula is C28H32ClN5O4. The van der Waals surface area contributed by atoms with Crippen molar-refractivity contribution in [3.05, 3.63) is 67.9 Å². The molecule has 0 aliphatic carbocycles. The summed E-state index contributed by atoms with van der Waals surface area (Å²) in [6.07, 6.45) is 5.18. The topological polar surface area (TPSA) is 92.7 Å². The number of H-pyrrole nitrogens is 1. The average molecular weight is 538 g/mol. The summed E-state index contributed by atoms with van der Waals surface area (Å²) in [6, 6.07) is 4.22. The number of aryl methyl sites for hydroxylation is 2. The number of hydrogen-bond donors (Lipinski definition) is 1. The molecule has 1 atom stereocenters. The Kier molecular flexibility index (Phi) is 6.53. The lowest BCUT2D eigenvalue weighted by molar-refractivity contribution is 0.0725. The molecule has 3 aromatic rings. The summed E-state index contributed by atoms with van der Waals surface area (Å²) < 4.78 is 13.8. The zero-order valence-corrected chi connectivity index (χ0v) is 22.7. The lowest BCUT2D eigenvalue weighted by Crippen LogP contribution is -2.45. The number of rotatable bonds is 6. The molecule has 0 spiro atoms. The largest absolute Gasteiger partial charge is 0.486 e. The predicted octanol–water partition coefficient (Wildman–Crippen LogP) is 3.36. The highest BCUT2D eigenvalue weighted by Gasteiger charge is 2.33. The van der Waals surface area contributed by atoms with Crippen LogP contribution in [0.4, 0.5) is 0 Å². The Balaban J connectivity index is 1.39. The molecule has 38 heavy (non-hydrogen) atoms. The highest BCUT2D eigenvalue weighted by atomic mass is 35.5. The molecule has 3 aliphatic rings. The third-order valence-electron chi connectivity index (χ3n) is 7.83. The Bertz CT molecular complexity index is 1450. The standard InChI is InChI=1S/C28H32ClN5O4/c1-16-8-17(2)31-27(35)23(16)14-33-6-4-21-22(18-10-30-34(11-18)19-12-32(3)13-19)9-24(26(29)25(21)28(33)36)38-20-5-7-37-15-20/h8-11,19-20H,4-7,12-15H2,1-3H3,(H,31,35)/t20-/m1/s1. The lowest BCUT2D eigenvalue weighted by Gasteiger charge is -2.36. The van der Waals surface area contributed by atoms with Gasteiger partial charge in [-0.3, -0.25) is 14.3 Å². The first-order valence-electron chi connectivity index (χ1n) is 13.1. The minimum atomic E-state index is -0.196. The molecular weight excluding hydrogens is 506 g/mol. The zero-order chi connectivity index (χ0) is 26.6. The second-order valence-corrected chi connectivity index (χ2v) is 11.1. The molecule has 2 saturated heterocycles. The van der Waals surface area contributed by atoms with Gasteiger partial charge in [-0.25, -0.2) is 0 Å². The van der Waals surface area contributed by atoms with E-state index in [1.165, 1.54) is 0 Å². The predicted molar refractivity (Wildman–Crippen MR) is 144 cm³/mol. The van der Waals surface area contributed by atoms with Gasteiger partial charge in [0.25, 0.3) is 11.5 Å². The number of hydrogen-bond acceptors (Lipinski definition) is 6. The quantitative estimate of drug-likeness (QED) is 0.518. The van der Waals surface area contributed by atoms with Crippen LogP contribution in [0.25, 0.3) is 11.1 Å². The third-order valence-corrected chi connectivity index (χ3v) is 8.20. The summed E-state index contributed by atoms with van der Waals surface area (Å²) in [5.41, 5.74) is 5.27. The number of likely N-dealkylation sites (tertiary alicyclic amines) is 1. The number of ether oxygens (including phenoxy) is 2. The Labute approximate surface area is 226 Å². The van der Waals surface area contributed by atoms with E-state index in [9.17, 15) is 9.59 Å². The van der Waals surface area contributed by atoms with Gasteiger partial charge < -0.3 is 24.3 Å². The van der Waals surface area contributed by atoms with Crippen molar-refractivity contribution in [2.75, 3.05) is 39.9 Å². The van der Waals surface area contributed by atoms with Crippen LogP contribution in [0, 0.1) is 13.8 Å². The van der Waals surface area contributed by atoms with Crippen molar-refractivity contribution < 1.29 is 14.3 Å². The van der Waals surface area contributed by atoms with Crippen molar-refractivity contribution in [2.45, 2.75) is 45.4 Å². The van der Waals surface area contributed by atoms with Crippen molar-refractivity contribution >= 4 is 17.5 Å². The molecule has 2 aromatic heterocycles. The van der Waals surface area contributed by atoms with Crippen molar-refractivity contribution in [3.63, 3.8) is 0 Å². The highest BCUT2D eigenvalue weighted by molar-refractivity contribution is 6.35. The maximum absolute atomic E-state index is 13.9. The normalized spacial score (nSPS) is 20.1. The number of halogens is 1. The minimum absolute atomic E-state index is 0.116. The number of nitrogens with one attached hydrogen (secondary N) is 1. The number of likely N-dealkylation sites (N-methyl/N-ethyl adjacent to an activating group) is 1. The maximum Gasteiger partial charge on any atom is 0.256 e. The summed E-state index contributed by atoms with van der Waals surface area (Å²) in [5.74, 6) is 0.282. The van der Waals surface area contributed by atoms with E-state index in [1.54, 1.807) is 4.90 Å². The molecule has 0 unspecified atom stereocenters. The average Bonchev–Trinajstić information content (AvgIpc) is 3.54. The molecule has 1 amide bonds. The molecule has 0 saturated carbocycles. The number of aromatic amines is 1. The Morgan fingerprint density at radius 3 is 2.76 bits per heavy atom. The zero-order valence-electron chi connectivity index (χ0n) is 21.9. The number of aromatic nitrogens is 3. The molecule has 3 aliphatic heterocycles. The van der Waals surface area contributed by atoms with Gasteiger partial charge in [0.1, 0.15) is 11.9 Å². The van der Waals surface area contributed by atoms with E-state index in [0.29, 0.717) is 54.1 Å². The van der Waals surface area contributed by atoms with Gasteiger partial charge in [0.2, 0.25) is 0 Å².